The Labute approximate surface area is 138 Å². The number of carbonyl (C=O) groups is 2. The highest BCUT2D eigenvalue weighted by Gasteiger charge is 2.51. The zero-order chi connectivity index (χ0) is 17.3. The Morgan fingerprint density at radius 2 is 1.57 bits per heavy atom. The smallest absolute Gasteiger partial charge is 0.324 e. The van der Waals surface area contributed by atoms with Crippen molar-refractivity contribution in [1.82, 2.24) is 0 Å². The number of hydrogen-bond acceptors (Lipinski definition) is 4. The van der Waals surface area contributed by atoms with Gasteiger partial charge in [0.15, 0.2) is 5.92 Å². The van der Waals surface area contributed by atoms with Crippen molar-refractivity contribution < 1.29 is 19.1 Å². The quantitative estimate of drug-likeness (QED) is 0.613. The van der Waals surface area contributed by atoms with Crippen LogP contribution in [0.1, 0.15) is 58.6 Å². The standard InChI is InChI=1S/C19H26O4/c1-6-7-8-13-9-11-14(12-10-13)18(2,3)15-16(20)22-19(4,5)23-17(15)21/h9-12,15H,6-8H2,1-5H3. The number of carbonyl (C=O) groups excluding carboxylic acids is 2. The van der Waals surface area contributed by atoms with Crippen molar-refractivity contribution in [3.63, 3.8) is 0 Å². The molecule has 23 heavy (non-hydrogen) atoms. The molecule has 1 aromatic rings. The summed E-state index contributed by atoms with van der Waals surface area (Å²) in [5.74, 6) is -3.18. The topological polar surface area (TPSA) is 52.6 Å². The summed E-state index contributed by atoms with van der Waals surface area (Å²) in [7, 11) is 0. The van der Waals surface area contributed by atoms with E-state index in [-0.39, 0.29) is 0 Å². The summed E-state index contributed by atoms with van der Waals surface area (Å²) in [5.41, 5.74) is 1.51. The fraction of sp³-hybridized carbons (Fsp3) is 0.579. The predicted octanol–water partition coefficient (Wildman–Crippen LogP) is 3.76. The van der Waals surface area contributed by atoms with Crippen LogP contribution in [0.3, 0.4) is 0 Å². The average Bonchev–Trinajstić information content (AvgIpc) is 2.43. The van der Waals surface area contributed by atoms with Crippen molar-refractivity contribution in [1.29, 1.82) is 0 Å². The van der Waals surface area contributed by atoms with Gasteiger partial charge in [-0.2, -0.15) is 0 Å². The van der Waals surface area contributed by atoms with Crippen LogP contribution < -0.4 is 0 Å². The summed E-state index contributed by atoms with van der Waals surface area (Å²) in [5, 5.41) is 0. The first-order valence-corrected chi connectivity index (χ1v) is 8.22. The minimum atomic E-state index is -1.19. The molecular weight excluding hydrogens is 292 g/mol. The van der Waals surface area contributed by atoms with Crippen molar-refractivity contribution in [3.05, 3.63) is 35.4 Å². The third-order valence-corrected chi connectivity index (χ3v) is 4.40. The average molecular weight is 318 g/mol. The number of hydrogen-bond donors (Lipinski definition) is 0. The SMILES string of the molecule is CCCCc1ccc(C(C)(C)C2C(=O)OC(C)(C)OC2=O)cc1. The maximum Gasteiger partial charge on any atom is 0.324 e. The predicted molar refractivity (Wildman–Crippen MR) is 87.8 cm³/mol. The van der Waals surface area contributed by atoms with Crippen LogP contribution in [0.2, 0.25) is 0 Å². The highest BCUT2D eigenvalue weighted by atomic mass is 16.7. The molecule has 0 amide bonds. The molecule has 1 heterocycles. The zero-order valence-corrected chi connectivity index (χ0v) is 14.6. The molecule has 0 bridgehead atoms. The van der Waals surface area contributed by atoms with Crippen LogP contribution in [0, 0.1) is 5.92 Å². The highest BCUT2D eigenvalue weighted by Crippen LogP contribution is 2.38. The van der Waals surface area contributed by atoms with E-state index in [9.17, 15) is 9.59 Å². The minimum absolute atomic E-state index is 0.522. The molecule has 4 nitrogen and oxygen atoms in total. The van der Waals surface area contributed by atoms with E-state index >= 15 is 0 Å². The molecule has 0 atom stereocenters. The van der Waals surface area contributed by atoms with Crippen molar-refractivity contribution in [2.45, 2.75) is 65.1 Å². The van der Waals surface area contributed by atoms with Crippen molar-refractivity contribution >= 4 is 11.9 Å². The third-order valence-electron chi connectivity index (χ3n) is 4.40. The summed E-state index contributed by atoms with van der Waals surface area (Å²) in [6, 6.07) is 8.11. The van der Waals surface area contributed by atoms with Gasteiger partial charge in [-0.1, -0.05) is 51.5 Å². The fourth-order valence-corrected chi connectivity index (χ4v) is 2.96. The van der Waals surface area contributed by atoms with Gasteiger partial charge in [0.2, 0.25) is 0 Å². The molecule has 0 spiro atoms. The molecular formula is C19H26O4. The molecule has 1 aliphatic rings. The summed E-state index contributed by atoms with van der Waals surface area (Å²) >= 11 is 0. The lowest BCUT2D eigenvalue weighted by molar-refractivity contribution is -0.243. The van der Waals surface area contributed by atoms with Crippen molar-refractivity contribution in [2.75, 3.05) is 0 Å². The second-order valence-corrected chi connectivity index (χ2v) is 7.20. The van der Waals surface area contributed by atoms with E-state index in [1.54, 1.807) is 13.8 Å². The number of rotatable bonds is 5. The van der Waals surface area contributed by atoms with Gasteiger partial charge in [-0.15, -0.1) is 0 Å². The Bertz CT molecular complexity index is 564. The van der Waals surface area contributed by atoms with Gasteiger partial charge in [0.25, 0.3) is 5.79 Å². The van der Waals surface area contributed by atoms with E-state index in [1.807, 2.05) is 26.0 Å². The van der Waals surface area contributed by atoms with Gasteiger partial charge in [0.1, 0.15) is 0 Å². The van der Waals surface area contributed by atoms with Crippen molar-refractivity contribution in [3.8, 4) is 0 Å². The van der Waals surface area contributed by atoms with E-state index < -0.39 is 29.1 Å². The van der Waals surface area contributed by atoms with Gasteiger partial charge in [-0.3, -0.25) is 9.59 Å². The Morgan fingerprint density at radius 1 is 1.04 bits per heavy atom. The number of benzene rings is 1. The van der Waals surface area contributed by atoms with Gasteiger partial charge in [0.05, 0.1) is 0 Å². The van der Waals surface area contributed by atoms with Crippen LogP contribution in [0.15, 0.2) is 24.3 Å². The fourth-order valence-electron chi connectivity index (χ4n) is 2.96. The Morgan fingerprint density at radius 3 is 2.04 bits per heavy atom. The lowest BCUT2D eigenvalue weighted by Crippen LogP contribution is -2.52. The monoisotopic (exact) mass is 318 g/mol. The number of aryl methyl sites for hydroxylation is 1. The summed E-state index contributed by atoms with van der Waals surface area (Å²) in [6.07, 6.45) is 3.35. The molecule has 1 fully saturated rings. The van der Waals surface area contributed by atoms with Gasteiger partial charge in [0, 0.05) is 19.3 Å². The van der Waals surface area contributed by atoms with Gasteiger partial charge < -0.3 is 9.47 Å². The summed E-state index contributed by atoms with van der Waals surface area (Å²) < 4.78 is 10.5. The second-order valence-electron chi connectivity index (χ2n) is 7.20. The largest absolute Gasteiger partial charge is 0.422 e. The molecule has 126 valence electrons. The van der Waals surface area contributed by atoms with E-state index in [2.05, 4.69) is 19.1 Å². The summed E-state index contributed by atoms with van der Waals surface area (Å²) in [4.78, 5) is 24.7. The number of esters is 2. The molecule has 1 aliphatic heterocycles. The molecule has 1 aromatic carbocycles. The molecule has 2 rings (SSSR count). The van der Waals surface area contributed by atoms with Crippen LogP contribution >= 0.6 is 0 Å². The molecule has 0 saturated carbocycles. The molecule has 0 aliphatic carbocycles. The first-order chi connectivity index (χ1) is 10.7. The highest BCUT2D eigenvalue weighted by molar-refractivity contribution is 5.98. The third kappa shape index (κ3) is 3.74. The van der Waals surface area contributed by atoms with Crippen LogP contribution in [0.25, 0.3) is 0 Å². The summed E-state index contributed by atoms with van der Waals surface area (Å²) in [6.45, 7) is 9.04. The van der Waals surface area contributed by atoms with Gasteiger partial charge in [-0.25, -0.2) is 0 Å². The van der Waals surface area contributed by atoms with Crippen LogP contribution in [-0.4, -0.2) is 17.7 Å². The maximum atomic E-state index is 12.3. The van der Waals surface area contributed by atoms with E-state index in [0.717, 1.165) is 24.8 Å². The molecule has 0 radical (unpaired) electrons. The van der Waals surface area contributed by atoms with Crippen LogP contribution in [-0.2, 0) is 30.9 Å². The maximum absolute atomic E-state index is 12.3. The molecule has 0 unspecified atom stereocenters. The van der Waals surface area contributed by atoms with Crippen LogP contribution in [0.4, 0.5) is 0 Å². The molecule has 0 aromatic heterocycles. The minimum Gasteiger partial charge on any atom is -0.422 e. The van der Waals surface area contributed by atoms with Gasteiger partial charge in [-0.05, 0) is 24.0 Å². The lowest BCUT2D eigenvalue weighted by Gasteiger charge is -2.39. The Balaban J connectivity index is 2.23. The van der Waals surface area contributed by atoms with Gasteiger partial charge >= 0.3 is 11.9 Å². The van der Waals surface area contributed by atoms with E-state index in [0.29, 0.717) is 0 Å². The number of unbranched alkanes of at least 4 members (excludes halogenated alkanes) is 1. The normalized spacial score (nSPS) is 18.5. The number of cyclic esters (lactones) is 2. The molecule has 1 saturated heterocycles. The Hall–Kier alpha value is -1.84. The van der Waals surface area contributed by atoms with E-state index in [1.165, 1.54) is 5.56 Å². The number of ether oxygens (including phenoxy) is 2. The zero-order valence-electron chi connectivity index (χ0n) is 14.6. The molecule has 0 N–H and O–H groups in total. The van der Waals surface area contributed by atoms with Crippen LogP contribution in [0.5, 0.6) is 0 Å². The van der Waals surface area contributed by atoms with E-state index in [4.69, 9.17) is 9.47 Å². The lowest BCUT2D eigenvalue weighted by atomic mass is 9.72. The first-order valence-electron chi connectivity index (χ1n) is 8.22. The second kappa shape index (κ2) is 6.34. The van der Waals surface area contributed by atoms with Crippen molar-refractivity contribution in [2.24, 2.45) is 5.92 Å². The molecule has 4 heteroatoms. The Kier molecular flexibility index (Phi) is 4.83. The first kappa shape index (κ1) is 17.5.